The lowest BCUT2D eigenvalue weighted by Crippen LogP contribution is -2.37. The van der Waals surface area contributed by atoms with Gasteiger partial charge in [0.15, 0.2) is 6.54 Å². The van der Waals surface area contributed by atoms with Crippen LogP contribution in [0.1, 0.15) is 25.7 Å². The SMILES string of the molecule is CCN1C(=Cc2oc3ccc(-c4ccccc4)cc3[n+]2CCCS(=O)(=O)[O-])N(CCCS(=O)(=O)[O-])c2cc(Cl)c(Cl)cc21. The Morgan fingerprint density at radius 3 is 2.09 bits per heavy atom. The number of nitrogens with zero attached hydrogens (tertiary/aromatic N) is 3. The van der Waals surface area contributed by atoms with Gasteiger partial charge in [0.25, 0.3) is 5.52 Å². The van der Waals surface area contributed by atoms with Crippen LogP contribution in [-0.2, 0) is 26.8 Å². The molecule has 0 saturated carbocycles. The fraction of sp³-hybridized carbons (Fsp3) is 0.276. The van der Waals surface area contributed by atoms with Gasteiger partial charge in [0, 0.05) is 37.1 Å². The summed E-state index contributed by atoms with van der Waals surface area (Å²) >= 11 is 12.7. The molecular weight excluding hydrogens is 637 g/mol. The highest BCUT2D eigenvalue weighted by atomic mass is 35.5. The summed E-state index contributed by atoms with van der Waals surface area (Å²) < 4.78 is 76.4. The first-order chi connectivity index (χ1) is 20.3. The number of halogens is 2. The molecule has 1 aromatic heterocycles. The quantitative estimate of drug-likeness (QED) is 0.156. The molecule has 0 bridgehead atoms. The minimum atomic E-state index is -4.43. The highest BCUT2D eigenvalue weighted by Crippen LogP contribution is 2.46. The summed E-state index contributed by atoms with van der Waals surface area (Å²) in [6.07, 6.45) is 1.89. The Kier molecular flexibility index (Phi) is 9.07. The van der Waals surface area contributed by atoms with Crippen LogP contribution in [0.15, 0.2) is 70.9 Å². The van der Waals surface area contributed by atoms with Gasteiger partial charge in [-0.05, 0) is 42.7 Å². The van der Waals surface area contributed by atoms with Crippen LogP contribution in [0.5, 0.6) is 0 Å². The van der Waals surface area contributed by atoms with Crippen LogP contribution in [0.4, 0.5) is 11.4 Å². The van der Waals surface area contributed by atoms with Gasteiger partial charge in [-0.15, -0.1) is 0 Å². The number of anilines is 2. The van der Waals surface area contributed by atoms with Crippen molar-refractivity contribution < 1.29 is 34.9 Å². The van der Waals surface area contributed by atoms with Crippen LogP contribution in [0.3, 0.4) is 0 Å². The van der Waals surface area contributed by atoms with Gasteiger partial charge in [0.2, 0.25) is 5.58 Å². The van der Waals surface area contributed by atoms with Crippen LogP contribution >= 0.6 is 23.2 Å². The van der Waals surface area contributed by atoms with E-state index >= 15 is 0 Å². The molecule has 0 spiro atoms. The third-order valence-electron chi connectivity index (χ3n) is 7.11. The monoisotopic (exact) mass is 664 g/mol. The Balaban J connectivity index is 1.64. The Bertz CT molecular complexity index is 1910. The lowest BCUT2D eigenvalue weighted by Gasteiger charge is -2.24. The van der Waals surface area contributed by atoms with E-state index in [2.05, 4.69) is 0 Å². The van der Waals surface area contributed by atoms with E-state index in [4.69, 9.17) is 27.6 Å². The number of aryl methyl sites for hydroxylation is 1. The molecule has 228 valence electrons. The number of benzene rings is 3. The van der Waals surface area contributed by atoms with E-state index < -0.39 is 31.7 Å². The fourth-order valence-corrected chi connectivity index (χ4v) is 6.51. The van der Waals surface area contributed by atoms with Gasteiger partial charge >= 0.3 is 5.89 Å². The number of rotatable bonds is 11. The number of oxazole rings is 1. The van der Waals surface area contributed by atoms with Crippen LogP contribution in [0.2, 0.25) is 10.0 Å². The van der Waals surface area contributed by atoms with Crippen LogP contribution in [-0.4, -0.2) is 50.5 Å². The maximum atomic E-state index is 11.4. The van der Waals surface area contributed by atoms with Gasteiger partial charge in [-0.1, -0.05) is 59.6 Å². The third-order valence-corrected chi connectivity index (χ3v) is 9.41. The maximum absolute atomic E-state index is 11.4. The van der Waals surface area contributed by atoms with Gasteiger partial charge in [-0.25, -0.2) is 16.8 Å². The lowest BCUT2D eigenvalue weighted by molar-refractivity contribution is -0.677. The van der Waals surface area contributed by atoms with Gasteiger partial charge in [0.05, 0.1) is 47.7 Å². The van der Waals surface area contributed by atoms with E-state index in [-0.39, 0.29) is 25.9 Å². The highest BCUT2D eigenvalue weighted by molar-refractivity contribution is 7.85. The zero-order chi connectivity index (χ0) is 30.9. The normalized spacial score (nSPS) is 14.7. The molecule has 0 fully saturated rings. The first-order valence-electron chi connectivity index (χ1n) is 13.5. The van der Waals surface area contributed by atoms with E-state index in [9.17, 15) is 25.9 Å². The number of hydrogen-bond donors (Lipinski definition) is 0. The topological polar surface area (TPSA) is 138 Å². The predicted molar refractivity (Wildman–Crippen MR) is 165 cm³/mol. The van der Waals surface area contributed by atoms with Crippen LogP contribution in [0, 0.1) is 0 Å². The molecule has 0 radical (unpaired) electrons. The standard InChI is InChI=1S/C29H29Cl2N3O7S2/c1-2-32-24-17-22(30)23(31)18-25(24)33(12-6-14-42(35,36)37)28(32)19-29-34(13-7-15-43(38,39)40)26-16-21(10-11-27(26)41-29)20-8-4-3-5-9-20/h3-5,8-11,16-19H,2,6-7,12-15H2,1H3,(H-,35,36,37,38,39,40)/p-1. The molecule has 0 atom stereocenters. The second kappa shape index (κ2) is 12.5. The number of fused-ring (bicyclic) bond motifs is 2. The van der Waals surface area contributed by atoms with Crippen molar-refractivity contribution >= 4 is 72.0 Å². The average Bonchev–Trinajstić information content (AvgIpc) is 3.42. The number of aromatic nitrogens is 1. The molecule has 14 heteroatoms. The van der Waals surface area contributed by atoms with Crippen molar-refractivity contribution in [1.82, 2.24) is 0 Å². The van der Waals surface area contributed by atoms with E-state index in [1.54, 1.807) is 18.2 Å². The minimum absolute atomic E-state index is 0.0579. The summed E-state index contributed by atoms with van der Waals surface area (Å²) in [6.45, 7) is 2.79. The average molecular weight is 666 g/mol. The van der Waals surface area contributed by atoms with E-state index in [0.717, 1.165) is 16.8 Å². The molecule has 0 N–H and O–H groups in total. The van der Waals surface area contributed by atoms with E-state index in [1.807, 2.05) is 69.8 Å². The summed E-state index contributed by atoms with van der Waals surface area (Å²) in [7, 11) is -8.86. The molecule has 0 aliphatic carbocycles. The lowest BCUT2D eigenvalue weighted by atomic mass is 10.1. The summed E-state index contributed by atoms with van der Waals surface area (Å²) in [5.41, 5.74) is 4.56. The summed E-state index contributed by atoms with van der Waals surface area (Å²) in [4.78, 5) is 3.81. The Morgan fingerprint density at radius 1 is 0.837 bits per heavy atom. The molecule has 2 heterocycles. The molecular formula is C29H28Cl2N3O7S2-. The van der Waals surface area contributed by atoms with Crippen molar-refractivity contribution in [3.8, 4) is 11.1 Å². The van der Waals surface area contributed by atoms with Crippen LogP contribution < -0.4 is 14.4 Å². The minimum Gasteiger partial charge on any atom is -0.748 e. The van der Waals surface area contributed by atoms with E-state index in [0.29, 0.717) is 45.1 Å². The van der Waals surface area contributed by atoms with Gasteiger partial charge < -0.3 is 23.3 Å². The van der Waals surface area contributed by atoms with E-state index in [1.165, 1.54) is 0 Å². The zero-order valence-electron chi connectivity index (χ0n) is 23.1. The van der Waals surface area contributed by atoms with Crippen LogP contribution in [0.25, 0.3) is 28.3 Å². The Morgan fingerprint density at radius 2 is 1.47 bits per heavy atom. The molecule has 3 aromatic carbocycles. The maximum Gasteiger partial charge on any atom is 0.377 e. The molecule has 0 unspecified atom stereocenters. The Labute approximate surface area is 260 Å². The van der Waals surface area contributed by atoms with Crippen molar-refractivity contribution in [3.05, 3.63) is 82.4 Å². The smallest absolute Gasteiger partial charge is 0.377 e. The highest BCUT2D eigenvalue weighted by Gasteiger charge is 2.34. The third kappa shape index (κ3) is 7.17. The predicted octanol–water partition coefficient (Wildman–Crippen LogP) is 5.21. The first kappa shape index (κ1) is 31.3. The molecule has 43 heavy (non-hydrogen) atoms. The number of hydrogen-bond acceptors (Lipinski definition) is 9. The van der Waals surface area contributed by atoms with Crippen molar-refractivity contribution in [3.63, 3.8) is 0 Å². The fourth-order valence-electron chi connectivity index (χ4n) is 5.23. The van der Waals surface area contributed by atoms with Gasteiger partial charge in [-0.2, -0.15) is 4.57 Å². The van der Waals surface area contributed by atoms with Crippen molar-refractivity contribution in [2.45, 2.75) is 26.3 Å². The molecule has 10 nitrogen and oxygen atoms in total. The zero-order valence-corrected chi connectivity index (χ0v) is 26.2. The van der Waals surface area contributed by atoms with Crippen molar-refractivity contribution in [2.75, 3.05) is 34.4 Å². The largest absolute Gasteiger partial charge is 0.748 e. The molecule has 0 amide bonds. The second-order valence-electron chi connectivity index (χ2n) is 10.0. The molecule has 1 aliphatic heterocycles. The first-order valence-corrected chi connectivity index (χ1v) is 17.4. The molecule has 5 rings (SSSR count). The second-order valence-corrected chi connectivity index (χ2v) is 13.9. The summed E-state index contributed by atoms with van der Waals surface area (Å²) in [5.74, 6) is -0.0914. The molecule has 0 saturated heterocycles. The molecule has 1 aliphatic rings. The van der Waals surface area contributed by atoms with Gasteiger partial charge in [-0.3, -0.25) is 0 Å². The van der Waals surface area contributed by atoms with Crippen molar-refractivity contribution in [1.29, 1.82) is 0 Å². The van der Waals surface area contributed by atoms with Crippen molar-refractivity contribution in [2.24, 2.45) is 0 Å². The Hall–Kier alpha value is -3.13. The summed E-state index contributed by atoms with van der Waals surface area (Å²) in [6, 6.07) is 18.8. The molecule has 4 aromatic rings. The summed E-state index contributed by atoms with van der Waals surface area (Å²) in [5, 5.41) is 0.651. The van der Waals surface area contributed by atoms with Gasteiger partial charge in [0.1, 0.15) is 5.82 Å².